The van der Waals surface area contributed by atoms with Crippen LogP contribution in [0.4, 0.5) is 4.79 Å². The van der Waals surface area contributed by atoms with Gasteiger partial charge in [-0.1, -0.05) is 0 Å². The highest BCUT2D eigenvalue weighted by Gasteiger charge is 2.35. The fourth-order valence-electron chi connectivity index (χ4n) is 1.58. The lowest BCUT2D eigenvalue weighted by molar-refractivity contribution is -0.148. The number of hydrogen-bond acceptors (Lipinski definition) is 5. The van der Waals surface area contributed by atoms with E-state index in [0.717, 1.165) is 5.75 Å². The lowest BCUT2D eigenvalue weighted by Crippen LogP contribution is -2.52. The molecule has 0 aromatic rings. The quantitative estimate of drug-likeness (QED) is 0.720. The smallest absolute Gasteiger partial charge is 0.411 e. The number of carbonyl (C=O) groups is 2. The lowest BCUT2D eigenvalue weighted by atomic mass is 10.2. The number of nitrogens with zero attached hydrogens (tertiary/aromatic N) is 1. The molecule has 1 heterocycles. The Hall–Kier alpha value is -0.910. The molecular formula is C12H21NO4S. The van der Waals surface area contributed by atoms with Crippen molar-refractivity contribution < 1.29 is 19.1 Å². The predicted molar refractivity (Wildman–Crippen MR) is 70.7 cm³/mol. The summed E-state index contributed by atoms with van der Waals surface area (Å²) in [5.74, 6) is 1.03. The largest absolute Gasteiger partial charge is 0.464 e. The second-order valence-corrected chi connectivity index (χ2v) is 6.17. The molecule has 6 heteroatoms. The third-order valence-electron chi connectivity index (χ3n) is 2.32. The highest BCUT2D eigenvalue weighted by molar-refractivity contribution is 7.99. The van der Waals surface area contributed by atoms with Gasteiger partial charge >= 0.3 is 12.1 Å². The molecule has 0 spiro atoms. The summed E-state index contributed by atoms with van der Waals surface area (Å²) < 4.78 is 10.3. The Morgan fingerprint density at radius 3 is 2.61 bits per heavy atom. The van der Waals surface area contributed by atoms with Crippen LogP contribution in [0.25, 0.3) is 0 Å². The summed E-state index contributed by atoms with van der Waals surface area (Å²) in [6.45, 7) is 8.02. The predicted octanol–water partition coefficient (Wildman–Crippen LogP) is 1.90. The van der Waals surface area contributed by atoms with Crippen LogP contribution in [0.15, 0.2) is 0 Å². The Balaban J connectivity index is 2.70. The summed E-state index contributed by atoms with van der Waals surface area (Å²) in [4.78, 5) is 25.3. The molecule has 0 aromatic carbocycles. The van der Waals surface area contributed by atoms with E-state index >= 15 is 0 Å². The van der Waals surface area contributed by atoms with E-state index in [1.54, 1.807) is 18.7 Å². The van der Waals surface area contributed by atoms with E-state index in [9.17, 15) is 9.59 Å². The van der Waals surface area contributed by atoms with Gasteiger partial charge in [0, 0.05) is 18.1 Å². The highest BCUT2D eigenvalue weighted by Crippen LogP contribution is 2.20. The molecule has 1 saturated heterocycles. The van der Waals surface area contributed by atoms with E-state index in [4.69, 9.17) is 9.47 Å². The third kappa shape index (κ3) is 4.40. The van der Waals surface area contributed by atoms with Gasteiger partial charge in [-0.15, -0.1) is 0 Å². The lowest BCUT2D eigenvalue weighted by Gasteiger charge is -2.34. The molecule has 1 aliphatic heterocycles. The molecule has 0 radical (unpaired) electrons. The minimum Gasteiger partial charge on any atom is -0.464 e. The summed E-state index contributed by atoms with van der Waals surface area (Å²) in [6, 6.07) is -0.529. The van der Waals surface area contributed by atoms with Crippen molar-refractivity contribution in [1.29, 1.82) is 0 Å². The fraction of sp³-hybridized carbons (Fsp3) is 0.833. The van der Waals surface area contributed by atoms with E-state index in [0.29, 0.717) is 18.9 Å². The van der Waals surface area contributed by atoms with Gasteiger partial charge in [-0.25, -0.2) is 9.59 Å². The zero-order chi connectivity index (χ0) is 13.8. The van der Waals surface area contributed by atoms with Gasteiger partial charge in [0.1, 0.15) is 11.6 Å². The van der Waals surface area contributed by atoms with Gasteiger partial charge in [0.25, 0.3) is 0 Å². The first-order valence-electron chi connectivity index (χ1n) is 6.09. The first kappa shape index (κ1) is 15.1. The number of thioether (sulfide) groups is 1. The molecule has 104 valence electrons. The summed E-state index contributed by atoms with van der Waals surface area (Å²) in [6.07, 6.45) is -0.444. The van der Waals surface area contributed by atoms with Gasteiger partial charge in [0.15, 0.2) is 0 Å². The number of carbonyl (C=O) groups excluding carboxylic acids is 2. The maximum Gasteiger partial charge on any atom is 0.411 e. The van der Waals surface area contributed by atoms with Crippen molar-refractivity contribution in [2.45, 2.75) is 39.3 Å². The first-order valence-corrected chi connectivity index (χ1v) is 7.24. The molecule has 0 aliphatic carbocycles. The Morgan fingerprint density at radius 2 is 2.06 bits per heavy atom. The monoisotopic (exact) mass is 275 g/mol. The molecule has 0 aromatic heterocycles. The van der Waals surface area contributed by atoms with Gasteiger partial charge in [-0.3, -0.25) is 4.90 Å². The summed E-state index contributed by atoms with van der Waals surface area (Å²) in [5.41, 5.74) is -0.555. The van der Waals surface area contributed by atoms with E-state index in [2.05, 4.69) is 0 Å². The van der Waals surface area contributed by atoms with E-state index in [1.165, 1.54) is 4.90 Å². The van der Waals surface area contributed by atoms with E-state index in [-0.39, 0.29) is 5.97 Å². The maximum atomic E-state index is 12.0. The van der Waals surface area contributed by atoms with Crippen LogP contribution in [0.5, 0.6) is 0 Å². The highest BCUT2D eigenvalue weighted by atomic mass is 32.2. The molecule has 1 aliphatic rings. The minimum absolute atomic E-state index is 0.322. The van der Waals surface area contributed by atoms with Crippen LogP contribution >= 0.6 is 11.8 Å². The average Bonchev–Trinajstić information content (AvgIpc) is 2.27. The number of rotatable bonds is 2. The van der Waals surface area contributed by atoms with Crippen LogP contribution in [0.1, 0.15) is 27.7 Å². The van der Waals surface area contributed by atoms with Crippen LogP contribution in [0.3, 0.4) is 0 Å². The zero-order valence-electron chi connectivity index (χ0n) is 11.4. The van der Waals surface area contributed by atoms with Crippen molar-refractivity contribution in [1.82, 2.24) is 4.90 Å². The number of amides is 1. The Kier molecular flexibility index (Phi) is 5.31. The topological polar surface area (TPSA) is 55.8 Å². The number of hydrogen-bond donors (Lipinski definition) is 0. The molecule has 1 amide bonds. The van der Waals surface area contributed by atoms with Crippen molar-refractivity contribution >= 4 is 23.8 Å². The van der Waals surface area contributed by atoms with Crippen molar-refractivity contribution in [2.75, 3.05) is 24.7 Å². The molecule has 0 saturated carbocycles. The summed E-state index contributed by atoms with van der Waals surface area (Å²) >= 11 is 1.65. The van der Waals surface area contributed by atoms with Gasteiger partial charge in [-0.2, -0.15) is 11.8 Å². The second kappa shape index (κ2) is 6.31. The van der Waals surface area contributed by atoms with Crippen molar-refractivity contribution in [3.8, 4) is 0 Å². The molecule has 1 rings (SSSR count). The summed E-state index contributed by atoms with van der Waals surface area (Å²) in [5, 5.41) is 0. The maximum absolute atomic E-state index is 12.0. The minimum atomic E-state index is -0.555. The Bertz CT molecular complexity index is 314. The molecule has 0 bridgehead atoms. The number of esters is 1. The molecule has 0 N–H and O–H groups in total. The first-order chi connectivity index (χ1) is 8.35. The third-order valence-corrected chi connectivity index (χ3v) is 3.34. The van der Waals surface area contributed by atoms with Crippen LogP contribution in [0, 0.1) is 0 Å². The molecule has 0 unspecified atom stereocenters. The average molecular weight is 275 g/mol. The van der Waals surface area contributed by atoms with Crippen LogP contribution in [-0.4, -0.2) is 53.3 Å². The molecular weight excluding hydrogens is 254 g/mol. The standard InChI is InChI=1S/C12H21NO4S/c1-5-16-10(14)9-8-18-7-6-13(9)11(15)17-12(2,3)4/h9H,5-8H2,1-4H3/t9-/m1/s1. The normalized spacial score (nSPS) is 20.4. The fourth-order valence-corrected chi connectivity index (χ4v) is 2.61. The van der Waals surface area contributed by atoms with Crippen LogP contribution < -0.4 is 0 Å². The Morgan fingerprint density at radius 1 is 1.39 bits per heavy atom. The van der Waals surface area contributed by atoms with Gasteiger partial charge < -0.3 is 9.47 Å². The molecule has 1 atom stereocenters. The van der Waals surface area contributed by atoms with Crippen molar-refractivity contribution in [3.05, 3.63) is 0 Å². The number of ether oxygens (including phenoxy) is 2. The molecule has 5 nitrogen and oxygen atoms in total. The van der Waals surface area contributed by atoms with Gasteiger partial charge in [-0.05, 0) is 27.7 Å². The Labute approximate surface area is 112 Å². The summed E-state index contributed by atoms with van der Waals surface area (Å²) in [7, 11) is 0. The van der Waals surface area contributed by atoms with E-state index < -0.39 is 17.7 Å². The SMILES string of the molecule is CCOC(=O)[C@H]1CSCCN1C(=O)OC(C)(C)C. The van der Waals surface area contributed by atoms with E-state index in [1.807, 2.05) is 20.8 Å². The van der Waals surface area contributed by atoms with Gasteiger partial charge in [0.05, 0.1) is 6.61 Å². The second-order valence-electron chi connectivity index (χ2n) is 5.02. The molecule has 1 fully saturated rings. The zero-order valence-corrected chi connectivity index (χ0v) is 12.2. The van der Waals surface area contributed by atoms with Crippen LogP contribution in [0.2, 0.25) is 0 Å². The molecule has 18 heavy (non-hydrogen) atoms. The van der Waals surface area contributed by atoms with Crippen molar-refractivity contribution in [2.24, 2.45) is 0 Å². The van der Waals surface area contributed by atoms with Crippen LogP contribution in [-0.2, 0) is 14.3 Å². The van der Waals surface area contributed by atoms with Gasteiger partial charge in [0.2, 0.25) is 0 Å². The van der Waals surface area contributed by atoms with Crippen molar-refractivity contribution in [3.63, 3.8) is 0 Å².